The molecule has 2 atom stereocenters. The first-order chi connectivity index (χ1) is 16.0. The Labute approximate surface area is 190 Å². The van der Waals surface area contributed by atoms with Crippen LogP contribution in [0.4, 0.5) is 13.2 Å². The molecule has 6 heteroatoms. The fraction of sp³-hybridized carbons (Fsp3) is 0.259. The van der Waals surface area contributed by atoms with E-state index in [1.807, 2.05) is 0 Å². The summed E-state index contributed by atoms with van der Waals surface area (Å²) in [6.45, 7) is 0.601. The van der Waals surface area contributed by atoms with Gasteiger partial charge in [-0.05, 0) is 71.8 Å². The predicted octanol–water partition coefficient (Wildman–Crippen LogP) is 6.17. The molecule has 2 unspecified atom stereocenters. The van der Waals surface area contributed by atoms with Gasteiger partial charge in [-0.2, -0.15) is 0 Å². The Morgan fingerprint density at radius 2 is 1.79 bits per heavy atom. The number of aliphatic hydroxyl groups excluding tert-OH is 1. The lowest BCUT2D eigenvalue weighted by Crippen LogP contribution is -2.35. The van der Waals surface area contributed by atoms with Crippen LogP contribution in [-0.2, 0) is 13.0 Å². The van der Waals surface area contributed by atoms with Gasteiger partial charge in [-0.15, -0.1) is 0 Å². The molecule has 0 saturated heterocycles. The molecule has 1 aliphatic rings. The number of H-pyrrole nitrogens is 1. The zero-order valence-electron chi connectivity index (χ0n) is 18.0. The number of hydrogen-bond donors (Lipinski definition) is 3. The van der Waals surface area contributed by atoms with Crippen LogP contribution in [0.2, 0.25) is 0 Å². The van der Waals surface area contributed by atoms with E-state index >= 15 is 0 Å². The summed E-state index contributed by atoms with van der Waals surface area (Å²) < 4.78 is 41.4. The van der Waals surface area contributed by atoms with Crippen LogP contribution in [0.15, 0.2) is 60.7 Å². The average Bonchev–Trinajstić information content (AvgIpc) is 3.20. The number of benzene rings is 3. The van der Waals surface area contributed by atoms with E-state index in [0.29, 0.717) is 24.0 Å². The predicted molar refractivity (Wildman–Crippen MR) is 123 cm³/mol. The zero-order valence-corrected chi connectivity index (χ0v) is 18.0. The quantitative estimate of drug-likeness (QED) is 0.329. The summed E-state index contributed by atoms with van der Waals surface area (Å²) in [5, 5.41) is 14.7. The fourth-order valence-electron chi connectivity index (χ4n) is 4.84. The van der Waals surface area contributed by atoms with Crippen LogP contribution in [0.25, 0.3) is 22.0 Å². The highest BCUT2D eigenvalue weighted by Gasteiger charge is 2.25. The number of fused-ring (bicyclic) bond motifs is 3. The van der Waals surface area contributed by atoms with Crippen molar-refractivity contribution in [3.63, 3.8) is 0 Å². The van der Waals surface area contributed by atoms with Crippen molar-refractivity contribution in [1.82, 2.24) is 10.3 Å². The summed E-state index contributed by atoms with van der Waals surface area (Å²) in [4.78, 5) is 3.29. The standard InChI is InChI=1S/C27H25F3N2O/c28-18-9-7-16(8-10-18)21-11-12-23(30)27-26(21)22-15-31-20(14-24(22)32-27)5-2-6-25(33)17-3-1-4-19(29)13-17/h1,3-4,7-13,20,25,31-33H,2,5-6,14-15H2. The Morgan fingerprint density at radius 3 is 2.58 bits per heavy atom. The fourth-order valence-corrected chi connectivity index (χ4v) is 4.84. The minimum atomic E-state index is -0.694. The van der Waals surface area contributed by atoms with Gasteiger partial charge in [0.2, 0.25) is 0 Å². The van der Waals surface area contributed by atoms with E-state index in [4.69, 9.17) is 0 Å². The molecule has 0 amide bonds. The highest BCUT2D eigenvalue weighted by atomic mass is 19.1. The largest absolute Gasteiger partial charge is 0.388 e. The van der Waals surface area contributed by atoms with E-state index in [1.165, 1.54) is 30.3 Å². The molecule has 3 aromatic carbocycles. The van der Waals surface area contributed by atoms with Gasteiger partial charge in [-0.1, -0.05) is 30.3 Å². The van der Waals surface area contributed by atoms with Gasteiger partial charge in [0.05, 0.1) is 11.6 Å². The summed E-state index contributed by atoms with van der Waals surface area (Å²) in [7, 11) is 0. The third kappa shape index (κ3) is 4.41. The van der Waals surface area contributed by atoms with Gasteiger partial charge in [0.15, 0.2) is 0 Å². The lowest BCUT2D eigenvalue weighted by molar-refractivity contribution is 0.161. The molecule has 0 aliphatic carbocycles. The molecule has 0 radical (unpaired) electrons. The van der Waals surface area contributed by atoms with Crippen molar-refractivity contribution in [3.8, 4) is 11.1 Å². The Bertz CT molecular complexity index is 1280. The summed E-state index contributed by atoms with van der Waals surface area (Å²) in [6, 6.07) is 15.7. The summed E-state index contributed by atoms with van der Waals surface area (Å²) >= 11 is 0. The Morgan fingerprint density at radius 1 is 0.970 bits per heavy atom. The van der Waals surface area contributed by atoms with Crippen molar-refractivity contribution >= 4 is 10.9 Å². The second-order valence-electron chi connectivity index (χ2n) is 8.72. The smallest absolute Gasteiger partial charge is 0.147 e. The lowest BCUT2D eigenvalue weighted by atomic mass is 9.93. The molecule has 0 saturated carbocycles. The Hall–Kier alpha value is -3.09. The molecule has 170 valence electrons. The molecule has 5 rings (SSSR count). The summed E-state index contributed by atoms with van der Waals surface area (Å²) in [6.07, 6.45) is 2.20. The molecule has 1 aromatic heterocycles. The van der Waals surface area contributed by atoms with E-state index in [0.717, 1.165) is 47.0 Å². The zero-order chi connectivity index (χ0) is 22.9. The number of aliphatic hydroxyl groups is 1. The van der Waals surface area contributed by atoms with Crippen LogP contribution < -0.4 is 5.32 Å². The average molecular weight is 451 g/mol. The number of halogens is 3. The molecule has 0 spiro atoms. The van der Waals surface area contributed by atoms with Gasteiger partial charge in [0.1, 0.15) is 17.5 Å². The first-order valence-electron chi connectivity index (χ1n) is 11.2. The topological polar surface area (TPSA) is 48.0 Å². The van der Waals surface area contributed by atoms with E-state index in [9.17, 15) is 18.3 Å². The van der Waals surface area contributed by atoms with Crippen LogP contribution in [0.1, 0.15) is 42.2 Å². The molecule has 1 aliphatic heterocycles. The highest BCUT2D eigenvalue weighted by Crippen LogP contribution is 2.36. The van der Waals surface area contributed by atoms with Crippen molar-refractivity contribution in [2.45, 2.75) is 44.4 Å². The maximum Gasteiger partial charge on any atom is 0.147 e. The SMILES string of the molecule is OC(CCCC1Cc2[nH]c3c(F)ccc(-c4ccc(F)cc4)c3c2CN1)c1cccc(F)c1. The van der Waals surface area contributed by atoms with Gasteiger partial charge in [0, 0.05) is 30.1 Å². The third-order valence-corrected chi connectivity index (χ3v) is 6.53. The van der Waals surface area contributed by atoms with E-state index < -0.39 is 6.10 Å². The van der Waals surface area contributed by atoms with E-state index in [-0.39, 0.29) is 23.5 Å². The second-order valence-corrected chi connectivity index (χ2v) is 8.72. The molecule has 0 fully saturated rings. The maximum atomic E-state index is 14.6. The number of aromatic amines is 1. The monoisotopic (exact) mass is 450 g/mol. The molecule has 3 N–H and O–H groups in total. The number of rotatable bonds is 6. The third-order valence-electron chi connectivity index (χ3n) is 6.53. The number of hydrogen-bond acceptors (Lipinski definition) is 2. The molecular weight excluding hydrogens is 425 g/mol. The Kier molecular flexibility index (Phi) is 5.96. The number of nitrogens with one attached hydrogen (secondary N) is 2. The maximum absolute atomic E-state index is 14.6. The Balaban J connectivity index is 1.32. The van der Waals surface area contributed by atoms with Crippen LogP contribution in [0, 0.1) is 17.5 Å². The minimum Gasteiger partial charge on any atom is -0.388 e. The van der Waals surface area contributed by atoms with Gasteiger partial charge >= 0.3 is 0 Å². The molecular formula is C27H25F3N2O. The van der Waals surface area contributed by atoms with E-state index in [1.54, 1.807) is 30.3 Å². The lowest BCUT2D eigenvalue weighted by Gasteiger charge is -2.25. The highest BCUT2D eigenvalue weighted by molar-refractivity contribution is 5.99. The molecule has 2 heterocycles. The van der Waals surface area contributed by atoms with Crippen LogP contribution in [-0.4, -0.2) is 16.1 Å². The number of aromatic nitrogens is 1. The molecule has 0 bridgehead atoms. The first-order valence-corrected chi connectivity index (χ1v) is 11.2. The van der Waals surface area contributed by atoms with Crippen LogP contribution >= 0.6 is 0 Å². The molecule has 4 aromatic rings. The van der Waals surface area contributed by atoms with Gasteiger partial charge in [0.25, 0.3) is 0 Å². The van der Waals surface area contributed by atoms with Crippen LogP contribution in [0.3, 0.4) is 0 Å². The summed E-state index contributed by atoms with van der Waals surface area (Å²) in [5.41, 5.74) is 4.84. The van der Waals surface area contributed by atoms with Crippen molar-refractivity contribution in [1.29, 1.82) is 0 Å². The van der Waals surface area contributed by atoms with Crippen LogP contribution in [0.5, 0.6) is 0 Å². The molecule has 33 heavy (non-hydrogen) atoms. The minimum absolute atomic E-state index is 0.197. The van der Waals surface area contributed by atoms with Gasteiger partial charge in [-0.3, -0.25) is 0 Å². The second kappa shape index (κ2) is 9.04. The van der Waals surface area contributed by atoms with Crippen molar-refractivity contribution in [3.05, 3.63) is 94.9 Å². The first kappa shape index (κ1) is 21.7. The van der Waals surface area contributed by atoms with Crippen molar-refractivity contribution < 1.29 is 18.3 Å². The van der Waals surface area contributed by atoms with Gasteiger partial charge < -0.3 is 15.4 Å². The van der Waals surface area contributed by atoms with Crippen molar-refractivity contribution in [2.75, 3.05) is 0 Å². The van der Waals surface area contributed by atoms with Crippen molar-refractivity contribution in [2.24, 2.45) is 0 Å². The molecule has 3 nitrogen and oxygen atoms in total. The normalized spacial score (nSPS) is 16.7. The van der Waals surface area contributed by atoms with E-state index in [2.05, 4.69) is 10.3 Å². The summed E-state index contributed by atoms with van der Waals surface area (Å²) in [5.74, 6) is -0.959. The van der Waals surface area contributed by atoms with Gasteiger partial charge in [-0.25, -0.2) is 13.2 Å².